The molecule has 1 heterocycles. The third kappa shape index (κ3) is 8.56. The average Bonchev–Trinajstić information content (AvgIpc) is 3.33. The molecular formula is C26H29Cl2F2N7O4. The van der Waals surface area contributed by atoms with Gasteiger partial charge in [-0.3, -0.25) is 10.2 Å². The van der Waals surface area contributed by atoms with Crippen LogP contribution in [0, 0.1) is 11.5 Å². The van der Waals surface area contributed by atoms with Crippen LogP contribution in [-0.2, 0) is 0 Å². The van der Waals surface area contributed by atoms with E-state index in [0.29, 0.717) is 29.3 Å². The Labute approximate surface area is 246 Å². The van der Waals surface area contributed by atoms with Gasteiger partial charge >= 0.3 is 12.7 Å². The Kier molecular flexibility index (Phi) is 11.3. The molecule has 1 aliphatic heterocycles. The van der Waals surface area contributed by atoms with E-state index in [2.05, 4.69) is 20.1 Å². The fourth-order valence-electron chi connectivity index (χ4n) is 4.02. The summed E-state index contributed by atoms with van der Waals surface area (Å²) in [7, 11) is 3.85. The molecule has 0 saturated carbocycles. The zero-order valence-electron chi connectivity index (χ0n) is 22.5. The maximum Gasteiger partial charge on any atom is 0.407 e. The first-order valence-corrected chi connectivity index (χ1v) is 13.2. The summed E-state index contributed by atoms with van der Waals surface area (Å²) in [5.41, 5.74) is 0.946. The van der Waals surface area contributed by atoms with E-state index in [1.165, 1.54) is 28.1 Å². The summed E-state index contributed by atoms with van der Waals surface area (Å²) in [5.74, 6) is -0.00728. The first-order valence-electron chi connectivity index (χ1n) is 12.4. The van der Waals surface area contributed by atoms with Gasteiger partial charge in [-0.2, -0.15) is 19.1 Å². The van der Waals surface area contributed by atoms with Crippen LogP contribution in [-0.4, -0.2) is 90.7 Å². The topological polar surface area (TPSA) is 126 Å². The number of hydrazone groups is 1. The predicted octanol–water partition coefficient (Wildman–Crippen LogP) is 5.07. The first-order chi connectivity index (χ1) is 19.5. The van der Waals surface area contributed by atoms with Crippen LogP contribution < -0.4 is 14.8 Å². The zero-order chi connectivity index (χ0) is 30.1. The van der Waals surface area contributed by atoms with Crippen molar-refractivity contribution in [1.29, 1.82) is 5.26 Å². The molecule has 11 nitrogen and oxygen atoms in total. The van der Waals surface area contributed by atoms with Crippen molar-refractivity contribution in [3.8, 4) is 17.7 Å². The lowest BCUT2D eigenvalue weighted by Gasteiger charge is -2.26. The number of alkyl halides is 2. The zero-order valence-corrected chi connectivity index (χ0v) is 24.0. The van der Waals surface area contributed by atoms with Crippen molar-refractivity contribution in [3.63, 3.8) is 0 Å². The standard InChI is InChI=1S/C26H29Cl2F2N7O4/c1-4-36(26(38)39)21-14-37(34-23(21)16-6-8-18(27)19(28)12-16)25(32-15-31)33-20-13-17(41-24(29)30)7-9-22(20)40-11-5-10-35(2)3/h6-9,12-13,21,24H,4-5,10-11,14H2,1-3H3,(H,32,33)(H,38,39). The minimum absolute atomic E-state index is 0.0184. The highest BCUT2D eigenvalue weighted by Crippen LogP contribution is 2.34. The molecule has 0 saturated heterocycles. The Morgan fingerprint density at radius 2 is 2.05 bits per heavy atom. The van der Waals surface area contributed by atoms with Gasteiger partial charge in [0.2, 0.25) is 5.96 Å². The number of aliphatic imine (C=N–C) groups is 1. The highest BCUT2D eigenvalue weighted by Gasteiger charge is 2.36. The van der Waals surface area contributed by atoms with Crippen LogP contribution in [0.25, 0.3) is 0 Å². The molecule has 41 heavy (non-hydrogen) atoms. The molecule has 2 N–H and O–H groups in total. The molecule has 0 fully saturated rings. The number of benzene rings is 2. The Morgan fingerprint density at radius 1 is 1.29 bits per heavy atom. The number of hydrogen-bond donors (Lipinski definition) is 2. The third-order valence-electron chi connectivity index (χ3n) is 5.87. The predicted molar refractivity (Wildman–Crippen MR) is 151 cm³/mol. The van der Waals surface area contributed by atoms with Crippen LogP contribution in [0.3, 0.4) is 0 Å². The largest absolute Gasteiger partial charge is 0.491 e. The molecule has 2 aromatic rings. The molecule has 1 amide bonds. The van der Waals surface area contributed by atoms with E-state index in [4.69, 9.17) is 27.9 Å². The third-order valence-corrected chi connectivity index (χ3v) is 6.61. The number of nitriles is 1. The quantitative estimate of drug-likeness (QED) is 0.119. The lowest BCUT2D eigenvalue weighted by atomic mass is 10.0. The van der Waals surface area contributed by atoms with E-state index in [-0.39, 0.29) is 41.3 Å². The van der Waals surface area contributed by atoms with Crippen molar-refractivity contribution in [1.82, 2.24) is 20.1 Å². The molecule has 1 atom stereocenters. The molecule has 0 aliphatic carbocycles. The molecule has 15 heteroatoms. The van der Waals surface area contributed by atoms with Gasteiger partial charge in [-0.15, -0.1) is 0 Å². The van der Waals surface area contributed by atoms with Crippen LogP contribution >= 0.6 is 23.2 Å². The summed E-state index contributed by atoms with van der Waals surface area (Å²) in [6.45, 7) is -0.193. The van der Waals surface area contributed by atoms with Crippen LogP contribution in [0.2, 0.25) is 10.0 Å². The summed E-state index contributed by atoms with van der Waals surface area (Å²) >= 11 is 12.3. The van der Waals surface area contributed by atoms with Gasteiger partial charge in [0.05, 0.1) is 35.0 Å². The smallest absolute Gasteiger partial charge is 0.407 e. The Hall–Kier alpha value is -3.86. The summed E-state index contributed by atoms with van der Waals surface area (Å²) < 4.78 is 36.3. The van der Waals surface area contributed by atoms with Gasteiger partial charge in [0.15, 0.2) is 6.19 Å². The number of halogens is 4. The van der Waals surface area contributed by atoms with Gasteiger partial charge in [0, 0.05) is 24.7 Å². The van der Waals surface area contributed by atoms with E-state index in [1.807, 2.05) is 19.0 Å². The molecule has 3 rings (SSSR count). The number of carboxylic acid groups (broad SMARTS) is 1. The Balaban J connectivity index is 2.06. The number of hydrogen-bond acceptors (Lipinski definition) is 7. The molecule has 0 bridgehead atoms. The van der Waals surface area contributed by atoms with Crippen molar-refractivity contribution < 1.29 is 28.2 Å². The number of amides is 1. The fraction of sp³-hybridized carbons (Fsp3) is 0.385. The van der Waals surface area contributed by atoms with Crippen LogP contribution in [0.1, 0.15) is 18.9 Å². The van der Waals surface area contributed by atoms with Crippen molar-refractivity contribution >= 4 is 46.7 Å². The first kappa shape index (κ1) is 31.7. The highest BCUT2D eigenvalue weighted by atomic mass is 35.5. The molecule has 1 unspecified atom stereocenters. The minimum atomic E-state index is -3.07. The van der Waals surface area contributed by atoms with Gasteiger partial charge in [-0.05, 0) is 51.7 Å². The molecule has 1 aliphatic rings. The van der Waals surface area contributed by atoms with Crippen LogP contribution in [0.5, 0.6) is 11.5 Å². The van der Waals surface area contributed by atoms with E-state index in [0.717, 1.165) is 6.54 Å². The van der Waals surface area contributed by atoms with E-state index < -0.39 is 18.7 Å². The monoisotopic (exact) mass is 611 g/mol. The summed E-state index contributed by atoms with van der Waals surface area (Å²) in [5, 5.41) is 28.2. The number of rotatable bonds is 11. The second-order valence-electron chi connectivity index (χ2n) is 8.97. The van der Waals surface area contributed by atoms with Gasteiger partial charge in [-0.25, -0.2) is 14.8 Å². The average molecular weight is 612 g/mol. The minimum Gasteiger partial charge on any atom is -0.491 e. The number of ether oxygens (including phenoxy) is 2. The van der Waals surface area contributed by atoms with Gasteiger partial charge in [0.25, 0.3) is 0 Å². The van der Waals surface area contributed by atoms with Gasteiger partial charge in [0.1, 0.15) is 17.2 Å². The number of nitrogens with zero attached hydrogens (tertiary/aromatic N) is 6. The number of guanidine groups is 1. The number of nitrogens with one attached hydrogen (secondary N) is 1. The molecule has 0 aromatic heterocycles. The lowest BCUT2D eigenvalue weighted by Crippen LogP contribution is -2.47. The van der Waals surface area contributed by atoms with Crippen molar-refractivity contribution in [2.45, 2.75) is 26.0 Å². The summed E-state index contributed by atoms with van der Waals surface area (Å²) in [6, 6.07) is 8.02. The summed E-state index contributed by atoms with van der Waals surface area (Å²) in [6.07, 6.45) is 1.30. The van der Waals surface area contributed by atoms with Gasteiger partial charge in [-0.1, -0.05) is 29.3 Å². The van der Waals surface area contributed by atoms with Gasteiger partial charge < -0.3 is 19.5 Å². The lowest BCUT2D eigenvalue weighted by molar-refractivity contribution is -0.0498. The van der Waals surface area contributed by atoms with E-state index in [9.17, 15) is 23.9 Å². The van der Waals surface area contributed by atoms with Crippen LogP contribution in [0.15, 0.2) is 46.5 Å². The molecule has 0 spiro atoms. The molecular weight excluding hydrogens is 583 g/mol. The second-order valence-corrected chi connectivity index (χ2v) is 9.78. The van der Waals surface area contributed by atoms with Crippen molar-refractivity contribution in [2.75, 3.05) is 40.3 Å². The molecule has 2 aromatic carbocycles. The maximum absolute atomic E-state index is 12.9. The second kappa shape index (κ2) is 14.7. The Bertz CT molecular complexity index is 1340. The SMILES string of the molecule is CCN(C(=O)O)C1CN(C(=Nc2cc(OC(F)F)ccc2OCCCN(C)C)NC#N)N=C1c1ccc(Cl)c(Cl)c1. The van der Waals surface area contributed by atoms with Crippen molar-refractivity contribution in [3.05, 3.63) is 52.0 Å². The number of carbonyl (C=O) groups is 1. The summed E-state index contributed by atoms with van der Waals surface area (Å²) in [4.78, 5) is 19.7. The van der Waals surface area contributed by atoms with E-state index in [1.54, 1.807) is 31.3 Å². The van der Waals surface area contributed by atoms with E-state index >= 15 is 0 Å². The number of likely N-dealkylation sites (N-methyl/N-ethyl adjacent to an activating group) is 1. The fourth-order valence-corrected chi connectivity index (χ4v) is 4.32. The Morgan fingerprint density at radius 3 is 2.66 bits per heavy atom. The highest BCUT2D eigenvalue weighted by molar-refractivity contribution is 6.42. The van der Waals surface area contributed by atoms with Crippen LogP contribution in [0.4, 0.5) is 19.3 Å². The maximum atomic E-state index is 12.9. The molecule has 0 radical (unpaired) electrons. The van der Waals surface area contributed by atoms with Crippen molar-refractivity contribution in [2.24, 2.45) is 10.1 Å². The molecule has 220 valence electrons. The normalized spacial score (nSPS) is 15.1.